The van der Waals surface area contributed by atoms with Crippen molar-refractivity contribution in [3.05, 3.63) is 36.8 Å². The van der Waals surface area contributed by atoms with Crippen molar-refractivity contribution >= 4 is 30.8 Å². The molecule has 2 saturated heterocycles. The summed E-state index contributed by atoms with van der Waals surface area (Å²) in [4.78, 5) is 6.69. The molecule has 1 aromatic carbocycles. The van der Waals surface area contributed by atoms with Gasteiger partial charge in [-0.15, -0.1) is 35.0 Å². The topological polar surface area (TPSA) is 103 Å². The van der Waals surface area contributed by atoms with E-state index in [1.807, 2.05) is 12.1 Å². The summed E-state index contributed by atoms with van der Waals surface area (Å²) in [5.74, 6) is 2.17. The number of aromatic nitrogens is 5. The minimum Gasteiger partial charge on any atom is -0.507 e. The molecule has 5 rings (SSSR count). The van der Waals surface area contributed by atoms with E-state index in [1.165, 1.54) is 0 Å². The number of fused-ring (bicyclic) bond motifs is 1. The van der Waals surface area contributed by atoms with Crippen LogP contribution in [0.4, 0.5) is 5.95 Å². The van der Waals surface area contributed by atoms with Gasteiger partial charge in [-0.1, -0.05) is 6.07 Å². The zero-order chi connectivity index (χ0) is 17.5. The Kier molecular flexibility index (Phi) is 6.02. The summed E-state index contributed by atoms with van der Waals surface area (Å²) >= 11 is 0. The number of rotatable bonds is 3. The Bertz CT molecular complexity index is 908. The number of hydrogen-bond acceptors (Lipinski definition) is 7. The molecule has 0 radical (unpaired) electrons. The molecule has 2 aliphatic heterocycles. The lowest BCUT2D eigenvalue weighted by atomic mass is 10.0. The van der Waals surface area contributed by atoms with Gasteiger partial charge in [0, 0.05) is 43.5 Å². The Morgan fingerprint density at radius 3 is 2.39 bits per heavy atom. The first-order valence-corrected chi connectivity index (χ1v) is 8.76. The van der Waals surface area contributed by atoms with E-state index in [0.29, 0.717) is 29.0 Å². The summed E-state index contributed by atoms with van der Waals surface area (Å²) < 4.78 is 0. The average Bonchev–Trinajstić information content (AvgIpc) is 3.39. The van der Waals surface area contributed by atoms with Gasteiger partial charge >= 0.3 is 0 Å². The van der Waals surface area contributed by atoms with Crippen molar-refractivity contribution in [3.63, 3.8) is 0 Å². The summed E-state index contributed by atoms with van der Waals surface area (Å²) in [6.45, 7) is 4.10. The Morgan fingerprint density at radius 2 is 1.79 bits per heavy atom. The highest BCUT2D eigenvalue weighted by atomic mass is 35.5. The van der Waals surface area contributed by atoms with Crippen molar-refractivity contribution in [2.45, 2.75) is 0 Å². The molecule has 0 spiro atoms. The zero-order valence-electron chi connectivity index (χ0n) is 14.9. The number of hydrogen-bond donors (Lipinski definition) is 3. The van der Waals surface area contributed by atoms with Crippen LogP contribution < -0.4 is 10.2 Å². The van der Waals surface area contributed by atoms with Crippen LogP contribution in [-0.2, 0) is 0 Å². The van der Waals surface area contributed by atoms with Crippen LogP contribution >= 0.6 is 24.8 Å². The fraction of sp³-hybridized carbons (Fsp3) is 0.333. The quantitative estimate of drug-likeness (QED) is 0.594. The van der Waals surface area contributed by atoms with E-state index in [-0.39, 0.29) is 30.6 Å². The minimum atomic E-state index is 0. The largest absolute Gasteiger partial charge is 0.507 e. The lowest BCUT2D eigenvalue weighted by Gasteiger charge is -2.16. The van der Waals surface area contributed by atoms with Crippen molar-refractivity contribution < 1.29 is 5.11 Å². The maximum Gasteiger partial charge on any atom is 0.245 e. The van der Waals surface area contributed by atoms with Crippen molar-refractivity contribution in [2.24, 2.45) is 11.8 Å². The van der Waals surface area contributed by atoms with E-state index in [9.17, 15) is 5.11 Å². The minimum absolute atomic E-state index is 0. The lowest BCUT2D eigenvalue weighted by molar-refractivity contribution is 0.477. The van der Waals surface area contributed by atoms with Crippen LogP contribution in [0, 0.1) is 11.8 Å². The standard InChI is InChI=1S/C18H19N7O.2ClH/c26-17-3-11(12-6-21-22-7-12)1-2-15(17)16-8-20-18(24-23-16)25-9-13-4-19-5-14(13)10-25;;/h1-3,6-8,13-14,19,26H,4-5,9-10H2,(H,21,22);2*1H. The molecule has 0 amide bonds. The van der Waals surface area contributed by atoms with Crippen LogP contribution in [0.25, 0.3) is 22.4 Å². The number of phenols is 1. The molecule has 28 heavy (non-hydrogen) atoms. The molecule has 2 aliphatic rings. The van der Waals surface area contributed by atoms with Gasteiger partial charge in [0.2, 0.25) is 5.95 Å². The second-order valence-electron chi connectivity index (χ2n) is 6.95. The second-order valence-corrected chi connectivity index (χ2v) is 6.95. The molecule has 10 heteroatoms. The van der Waals surface area contributed by atoms with Crippen LogP contribution in [0.1, 0.15) is 0 Å². The molecule has 3 aromatic rings. The third-order valence-corrected chi connectivity index (χ3v) is 5.33. The molecule has 2 aromatic heterocycles. The number of halogens is 2. The first-order chi connectivity index (χ1) is 12.8. The highest BCUT2D eigenvalue weighted by molar-refractivity contribution is 5.85. The van der Waals surface area contributed by atoms with Gasteiger partial charge < -0.3 is 15.3 Å². The first-order valence-electron chi connectivity index (χ1n) is 8.76. The zero-order valence-corrected chi connectivity index (χ0v) is 16.6. The average molecular weight is 422 g/mol. The summed E-state index contributed by atoms with van der Waals surface area (Å²) in [6, 6.07) is 5.45. The van der Waals surface area contributed by atoms with Gasteiger partial charge in [0.25, 0.3) is 0 Å². The highest BCUT2D eigenvalue weighted by Crippen LogP contribution is 2.32. The van der Waals surface area contributed by atoms with Crippen molar-refractivity contribution in [2.75, 3.05) is 31.1 Å². The first kappa shape index (κ1) is 20.3. The smallest absolute Gasteiger partial charge is 0.245 e. The molecule has 2 unspecified atom stereocenters. The van der Waals surface area contributed by atoms with Gasteiger partial charge in [-0.2, -0.15) is 5.10 Å². The number of aromatic hydroxyl groups is 1. The van der Waals surface area contributed by atoms with Gasteiger partial charge in [-0.3, -0.25) is 5.10 Å². The molecule has 148 valence electrons. The summed E-state index contributed by atoms with van der Waals surface area (Å²) in [6.07, 6.45) is 5.18. The third-order valence-electron chi connectivity index (χ3n) is 5.33. The van der Waals surface area contributed by atoms with E-state index >= 15 is 0 Å². The Morgan fingerprint density at radius 1 is 1.00 bits per heavy atom. The predicted octanol–water partition coefficient (Wildman–Crippen LogP) is 2.13. The summed E-state index contributed by atoms with van der Waals surface area (Å²) in [7, 11) is 0. The van der Waals surface area contributed by atoms with Crippen LogP contribution in [-0.4, -0.2) is 56.7 Å². The van der Waals surface area contributed by atoms with E-state index < -0.39 is 0 Å². The molecule has 4 heterocycles. The number of nitrogens with zero attached hydrogens (tertiary/aromatic N) is 5. The maximum absolute atomic E-state index is 10.4. The van der Waals surface area contributed by atoms with Gasteiger partial charge in [0.05, 0.1) is 12.4 Å². The van der Waals surface area contributed by atoms with Crippen LogP contribution in [0.5, 0.6) is 5.75 Å². The van der Waals surface area contributed by atoms with E-state index in [2.05, 4.69) is 35.6 Å². The van der Waals surface area contributed by atoms with Crippen LogP contribution in [0.2, 0.25) is 0 Å². The number of phenolic OH excluding ortho intramolecular Hbond substituents is 1. The summed E-state index contributed by atoms with van der Waals surface area (Å²) in [5.41, 5.74) is 2.98. The lowest BCUT2D eigenvalue weighted by Crippen LogP contribution is -2.27. The fourth-order valence-electron chi connectivity index (χ4n) is 3.89. The molecule has 0 bridgehead atoms. The predicted molar refractivity (Wildman–Crippen MR) is 111 cm³/mol. The van der Waals surface area contributed by atoms with Crippen molar-refractivity contribution in [3.8, 4) is 28.1 Å². The number of nitrogens with one attached hydrogen (secondary N) is 2. The number of H-pyrrole nitrogens is 1. The maximum atomic E-state index is 10.4. The van der Waals surface area contributed by atoms with Crippen LogP contribution in [0.15, 0.2) is 36.8 Å². The second kappa shape index (κ2) is 8.30. The van der Waals surface area contributed by atoms with Gasteiger partial charge in [0.1, 0.15) is 11.4 Å². The molecule has 2 fully saturated rings. The molecule has 0 saturated carbocycles. The van der Waals surface area contributed by atoms with E-state index in [1.54, 1.807) is 24.7 Å². The van der Waals surface area contributed by atoms with Crippen LogP contribution in [0.3, 0.4) is 0 Å². The Balaban J connectivity index is 0.00000112. The van der Waals surface area contributed by atoms with Gasteiger partial charge in [-0.05, 0) is 29.5 Å². The third kappa shape index (κ3) is 3.63. The SMILES string of the molecule is Cl.Cl.Oc1cc(-c2cn[nH]c2)ccc1-c1cnc(N2CC3CNCC3C2)nn1. The Hall–Kier alpha value is -2.42. The molecule has 3 N–H and O–H groups in total. The van der Waals surface area contributed by atoms with E-state index in [0.717, 1.165) is 37.3 Å². The number of aromatic amines is 1. The van der Waals surface area contributed by atoms with Gasteiger partial charge in [-0.25, -0.2) is 4.98 Å². The molecular weight excluding hydrogens is 401 g/mol. The molecular formula is C18H21Cl2N7O. The number of benzene rings is 1. The monoisotopic (exact) mass is 421 g/mol. The molecule has 2 atom stereocenters. The highest BCUT2D eigenvalue weighted by Gasteiger charge is 2.37. The van der Waals surface area contributed by atoms with Gasteiger partial charge in [0.15, 0.2) is 0 Å². The normalized spacial score (nSPS) is 20.4. The van der Waals surface area contributed by atoms with Crippen molar-refractivity contribution in [1.82, 2.24) is 30.7 Å². The molecule has 0 aliphatic carbocycles. The molecule has 8 nitrogen and oxygen atoms in total. The number of anilines is 1. The summed E-state index contributed by atoms with van der Waals surface area (Å²) in [5, 5.41) is 29.1. The fourth-order valence-corrected chi connectivity index (χ4v) is 3.89. The van der Waals surface area contributed by atoms with E-state index in [4.69, 9.17) is 0 Å². The Labute approximate surface area is 174 Å². The van der Waals surface area contributed by atoms with Crippen molar-refractivity contribution in [1.29, 1.82) is 0 Å².